The molecule has 0 spiro atoms. The van der Waals surface area contributed by atoms with Crippen LogP contribution >= 0.6 is 31.9 Å². The third-order valence-corrected chi connectivity index (χ3v) is 5.42. The van der Waals surface area contributed by atoms with Gasteiger partial charge in [-0.15, -0.1) is 0 Å². The van der Waals surface area contributed by atoms with Crippen LogP contribution in [0.5, 0.6) is 0 Å². The second-order valence-corrected chi connectivity index (χ2v) is 6.37. The van der Waals surface area contributed by atoms with Gasteiger partial charge in [-0.1, -0.05) is 33.6 Å². The second kappa shape index (κ2) is 8.45. The van der Waals surface area contributed by atoms with Gasteiger partial charge in [-0.2, -0.15) is 0 Å². The van der Waals surface area contributed by atoms with Crippen molar-refractivity contribution >= 4 is 31.9 Å². The lowest BCUT2D eigenvalue weighted by molar-refractivity contribution is 0.155. The first-order chi connectivity index (χ1) is 9.07. The van der Waals surface area contributed by atoms with Crippen molar-refractivity contribution in [3.63, 3.8) is 0 Å². The zero-order chi connectivity index (χ0) is 14.4. The van der Waals surface area contributed by atoms with Crippen molar-refractivity contribution in [2.45, 2.75) is 39.7 Å². The molecule has 1 heterocycles. The lowest BCUT2D eigenvalue weighted by Gasteiger charge is -2.31. The zero-order valence-corrected chi connectivity index (χ0v) is 15.1. The Kier molecular flexibility index (Phi) is 7.65. The van der Waals surface area contributed by atoms with Crippen LogP contribution in [0.2, 0.25) is 0 Å². The lowest BCUT2D eigenvalue weighted by Crippen LogP contribution is -2.36. The predicted molar refractivity (Wildman–Crippen MR) is 87.2 cm³/mol. The molecule has 1 aromatic rings. The first kappa shape index (κ1) is 17.2. The van der Waals surface area contributed by atoms with Gasteiger partial charge in [0, 0.05) is 13.1 Å². The number of halogens is 2. The van der Waals surface area contributed by atoms with Crippen LogP contribution in [0.3, 0.4) is 0 Å². The number of rotatable bonds is 8. The first-order valence-corrected chi connectivity index (χ1v) is 8.54. The molecule has 1 rings (SSSR count). The quantitative estimate of drug-likeness (QED) is 0.701. The van der Waals surface area contributed by atoms with Crippen LogP contribution in [0.25, 0.3) is 0 Å². The number of hydrogen-bond donors (Lipinski definition) is 1. The van der Waals surface area contributed by atoms with E-state index in [0.29, 0.717) is 6.54 Å². The molecule has 0 aromatic carbocycles. The maximum Gasteiger partial charge on any atom is 0.183 e. The van der Waals surface area contributed by atoms with Crippen LogP contribution in [0.4, 0.5) is 0 Å². The molecule has 0 radical (unpaired) electrons. The Balaban J connectivity index is 2.86. The van der Waals surface area contributed by atoms with E-state index < -0.39 is 0 Å². The highest BCUT2D eigenvalue weighted by molar-refractivity contribution is 9.13. The van der Waals surface area contributed by atoms with Crippen LogP contribution in [-0.2, 0) is 0 Å². The Hall–Kier alpha value is 0.160. The summed E-state index contributed by atoms with van der Waals surface area (Å²) in [5, 5.41) is 0. The number of furan rings is 1. The van der Waals surface area contributed by atoms with Crippen molar-refractivity contribution < 1.29 is 4.42 Å². The number of likely N-dealkylation sites (N-methyl/N-ethyl adjacent to an activating group) is 1. The Labute approximate surface area is 133 Å². The maximum atomic E-state index is 5.97. The number of hydrogen-bond acceptors (Lipinski definition) is 3. The van der Waals surface area contributed by atoms with E-state index in [1.165, 1.54) is 12.8 Å². The smallest absolute Gasteiger partial charge is 0.183 e. The summed E-state index contributed by atoms with van der Waals surface area (Å²) in [5.41, 5.74) is 5.97. The van der Waals surface area contributed by atoms with Crippen LogP contribution in [0.15, 0.2) is 19.6 Å². The molecule has 110 valence electrons. The van der Waals surface area contributed by atoms with E-state index >= 15 is 0 Å². The van der Waals surface area contributed by atoms with Crippen molar-refractivity contribution in [1.82, 2.24) is 4.90 Å². The summed E-state index contributed by atoms with van der Waals surface area (Å²) in [6, 6.07) is 2.16. The third kappa shape index (κ3) is 4.59. The molecule has 1 atom stereocenters. The molecule has 1 unspecified atom stereocenters. The minimum Gasteiger partial charge on any atom is -0.451 e. The van der Waals surface area contributed by atoms with E-state index in [0.717, 1.165) is 33.9 Å². The monoisotopic (exact) mass is 394 g/mol. The minimum atomic E-state index is 0.146. The van der Waals surface area contributed by atoms with E-state index in [1.807, 2.05) is 6.07 Å². The third-order valence-electron chi connectivity index (χ3n) is 3.71. The normalized spacial score (nSPS) is 13.5. The Morgan fingerprint density at radius 1 is 1.26 bits per heavy atom. The summed E-state index contributed by atoms with van der Waals surface area (Å²) in [7, 11) is 0. The Morgan fingerprint density at radius 3 is 2.26 bits per heavy atom. The Morgan fingerprint density at radius 2 is 1.89 bits per heavy atom. The van der Waals surface area contributed by atoms with Gasteiger partial charge in [-0.25, -0.2) is 0 Å². The highest BCUT2D eigenvalue weighted by Gasteiger charge is 2.24. The summed E-state index contributed by atoms with van der Waals surface area (Å²) in [6.07, 6.45) is 2.41. The fourth-order valence-electron chi connectivity index (χ4n) is 2.33. The van der Waals surface area contributed by atoms with Gasteiger partial charge in [-0.05, 0) is 50.4 Å². The average Bonchev–Trinajstić information content (AvgIpc) is 2.74. The highest BCUT2D eigenvalue weighted by atomic mass is 79.9. The van der Waals surface area contributed by atoms with Crippen LogP contribution in [0.1, 0.15) is 45.4 Å². The molecule has 0 saturated carbocycles. The summed E-state index contributed by atoms with van der Waals surface area (Å²) in [6.45, 7) is 9.30. The molecule has 0 saturated heterocycles. The lowest BCUT2D eigenvalue weighted by atomic mass is 10.0. The molecule has 1 aromatic heterocycles. The van der Waals surface area contributed by atoms with Gasteiger partial charge in [0.15, 0.2) is 4.67 Å². The fraction of sp³-hybridized carbons (Fsp3) is 0.714. The second-order valence-electron chi connectivity index (χ2n) is 4.79. The SMILES string of the molecule is CCC(CC)CN(CC)C(CN)c1cc(Br)c(Br)o1. The van der Waals surface area contributed by atoms with Crippen molar-refractivity contribution in [3.05, 3.63) is 21.0 Å². The average molecular weight is 396 g/mol. The van der Waals surface area contributed by atoms with E-state index in [4.69, 9.17) is 10.2 Å². The number of nitrogens with two attached hydrogens (primary N) is 1. The van der Waals surface area contributed by atoms with Crippen LogP contribution < -0.4 is 5.73 Å². The summed E-state index contributed by atoms with van der Waals surface area (Å²) in [5.74, 6) is 1.64. The molecule has 19 heavy (non-hydrogen) atoms. The molecule has 0 amide bonds. The maximum absolute atomic E-state index is 5.97. The van der Waals surface area contributed by atoms with Gasteiger partial charge in [0.25, 0.3) is 0 Å². The molecule has 3 nitrogen and oxygen atoms in total. The van der Waals surface area contributed by atoms with Crippen molar-refractivity contribution in [2.75, 3.05) is 19.6 Å². The standard InChI is InChI=1S/C14H24Br2N2O/c1-4-10(5-2)9-18(6-3)12(8-17)13-7-11(15)14(16)19-13/h7,10,12H,4-6,8-9,17H2,1-3H3. The molecular weight excluding hydrogens is 372 g/mol. The molecule has 0 aliphatic carbocycles. The molecular formula is C14H24Br2N2O. The summed E-state index contributed by atoms with van der Waals surface area (Å²) < 4.78 is 7.43. The van der Waals surface area contributed by atoms with E-state index in [2.05, 4.69) is 57.5 Å². The molecule has 0 bridgehead atoms. The van der Waals surface area contributed by atoms with Crippen molar-refractivity contribution in [3.8, 4) is 0 Å². The number of nitrogens with zero attached hydrogens (tertiary/aromatic N) is 1. The van der Waals surface area contributed by atoms with Gasteiger partial charge in [-0.3, -0.25) is 4.90 Å². The van der Waals surface area contributed by atoms with Gasteiger partial charge in [0.1, 0.15) is 5.76 Å². The summed E-state index contributed by atoms with van der Waals surface area (Å²) in [4.78, 5) is 2.41. The van der Waals surface area contributed by atoms with Gasteiger partial charge in [0.05, 0.1) is 10.5 Å². The van der Waals surface area contributed by atoms with Gasteiger partial charge >= 0.3 is 0 Å². The predicted octanol–water partition coefficient (Wildman–Crippen LogP) is 4.56. The van der Waals surface area contributed by atoms with E-state index in [-0.39, 0.29) is 6.04 Å². The van der Waals surface area contributed by atoms with Crippen LogP contribution in [-0.4, -0.2) is 24.5 Å². The van der Waals surface area contributed by atoms with Crippen molar-refractivity contribution in [1.29, 1.82) is 0 Å². The van der Waals surface area contributed by atoms with E-state index in [9.17, 15) is 0 Å². The molecule has 0 aliphatic heterocycles. The first-order valence-electron chi connectivity index (χ1n) is 6.96. The van der Waals surface area contributed by atoms with Gasteiger partial charge in [0.2, 0.25) is 0 Å². The molecule has 2 N–H and O–H groups in total. The molecule has 0 aliphatic rings. The molecule has 5 heteroatoms. The molecule has 0 fully saturated rings. The minimum absolute atomic E-state index is 0.146. The van der Waals surface area contributed by atoms with Crippen molar-refractivity contribution in [2.24, 2.45) is 11.7 Å². The summed E-state index contributed by atoms with van der Waals surface area (Å²) >= 11 is 6.85. The largest absolute Gasteiger partial charge is 0.451 e. The van der Waals surface area contributed by atoms with Crippen LogP contribution in [0, 0.1) is 5.92 Å². The topological polar surface area (TPSA) is 42.4 Å². The Bertz CT molecular complexity index is 358. The zero-order valence-electron chi connectivity index (χ0n) is 12.0. The fourth-order valence-corrected chi connectivity index (χ4v) is 2.94. The van der Waals surface area contributed by atoms with Gasteiger partial charge < -0.3 is 10.2 Å². The van der Waals surface area contributed by atoms with E-state index in [1.54, 1.807) is 0 Å². The highest BCUT2D eigenvalue weighted by Crippen LogP contribution is 2.32.